The third-order valence-electron chi connectivity index (χ3n) is 6.11. The standard InChI is InChI=1S/C23H18ClF4N7O/c1-22(14-7-5-12(25)9-30-14)16-18(29)32-20(33-19(16)34-21(22)36)17-13-6-4-11(24)10-35(13)15(31-17)3-2-8-23(26,27)28/h4-7,9-10H,2-3,8H2,1H3,(H3,29,32,33,34,36). The molecule has 4 aromatic rings. The summed E-state index contributed by atoms with van der Waals surface area (Å²) in [4.78, 5) is 30.4. The number of hydrogen-bond donors (Lipinski definition) is 2. The summed E-state index contributed by atoms with van der Waals surface area (Å²) in [6.07, 6.45) is -2.82. The van der Waals surface area contributed by atoms with Crippen molar-refractivity contribution in [2.24, 2.45) is 0 Å². The molecule has 36 heavy (non-hydrogen) atoms. The topological polar surface area (TPSA) is 111 Å². The predicted molar refractivity (Wildman–Crippen MR) is 124 cm³/mol. The number of aryl methyl sites for hydroxylation is 1. The third kappa shape index (κ3) is 4.00. The number of carbonyl (C=O) groups is 1. The molecule has 0 saturated heterocycles. The number of rotatable bonds is 5. The number of aromatic nitrogens is 5. The summed E-state index contributed by atoms with van der Waals surface area (Å²) in [6.45, 7) is 1.58. The molecule has 0 saturated carbocycles. The molecule has 5 heterocycles. The second kappa shape index (κ2) is 8.40. The second-order valence-corrected chi connectivity index (χ2v) is 8.98. The quantitative estimate of drug-likeness (QED) is 0.370. The number of nitrogens with one attached hydrogen (secondary N) is 1. The molecule has 186 valence electrons. The number of amides is 1. The van der Waals surface area contributed by atoms with Gasteiger partial charge in [0.05, 0.1) is 28.0 Å². The average molecular weight is 520 g/mol. The van der Waals surface area contributed by atoms with Gasteiger partial charge in [-0.3, -0.25) is 9.78 Å². The van der Waals surface area contributed by atoms with Crippen LogP contribution in [0.1, 0.15) is 36.8 Å². The molecule has 0 bridgehead atoms. The first-order valence-electron chi connectivity index (χ1n) is 10.8. The fourth-order valence-electron chi connectivity index (χ4n) is 4.34. The molecule has 13 heteroatoms. The van der Waals surface area contributed by atoms with Crippen LogP contribution >= 0.6 is 11.6 Å². The monoisotopic (exact) mass is 519 g/mol. The highest BCUT2D eigenvalue weighted by molar-refractivity contribution is 6.30. The third-order valence-corrected chi connectivity index (χ3v) is 6.33. The number of carbonyl (C=O) groups excluding carboxylic acids is 1. The van der Waals surface area contributed by atoms with Crippen molar-refractivity contribution < 1.29 is 22.4 Å². The minimum Gasteiger partial charge on any atom is -0.383 e. The number of imidazole rings is 1. The number of halogens is 5. The first-order chi connectivity index (χ1) is 17.0. The number of pyridine rings is 2. The molecule has 0 radical (unpaired) electrons. The molecule has 1 atom stereocenters. The Hall–Kier alpha value is -3.80. The van der Waals surface area contributed by atoms with E-state index in [1.54, 1.807) is 29.7 Å². The maximum atomic E-state index is 13.4. The Morgan fingerprint density at radius 1 is 1.17 bits per heavy atom. The van der Waals surface area contributed by atoms with Crippen LogP contribution in [0.3, 0.4) is 0 Å². The average Bonchev–Trinajstić information content (AvgIpc) is 3.28. The lowest BCUT2D eigenvalue weighted by Crippen LogP contribution is -2.34. The lowest BCUT2D eigenvalue weighted by atomic mass is 9.81. The van der Waals surface area contributed by atoms with E-state index < -0.39 is 29.7 Å². The molecule has 8 nitrogen and oxygen atoms in total. The molecule has 1 amide bonds. The van der Waals surface area contributed by atoms with Crippen molar-refractivity contribution in [3.8, 4) is 11.5 Å². The van der Waals surface area contributed by atoms with Gasteiger partial charge in [-0.25, -0.2) is 19.3 Å². The highest BCUT2D eigenvalue weighted by Crippen LogP contribution is 2.44. The van der Waals surface area contributed by atoms with Crippen molar-refractivity contribution in [3.05, 3.63) is 64.6 Å². The summed E-state index contributed by atoms with van der Waals surface area (Å²) in [6, 6.07) is 5.83. The van der Waals surface area contributed by atoms with Crippen molar-refractivity contribution in [1.82, 2.24) is 24.3 Å². The zero-order valence-electron chi connectivity index (χ0n) is 18.7. The van der Waals surface area contributed by atoms with E-state index in [2.05, 4.69) is 25.3 Å². The largest absolute Gasteiger partial charge is 0.389 e. The molecule has 0 aliphatic carbocycles. The van der Waals surface area contributed by atoms with E-state index in [0.29, 0.717) is 16.4 Å². The van der Waals surface area contributed by atoms with Gasteiger partial charge in [-0.1, -0.05) is 11.6 Å². The van der Waals surface area contributed by atoms with Crippen molar-refractivity contribution in [3.63, 3.8) is 0 Å². The molecule has 1 aliphatic heterocycles. The van der Waals surface area contributed by atoms with Gasteiger partial charge in [-0.05, 0) is 37.6 Å². The molecule has 1 unspecified atom stereocenters. The summed E-state index contributed by atoms with van der Waals surface area (Å²) < 4.78 is 53.0. The van der Waals surface area contributed by atoms with E-state index >= 15 is 0 Å². The van der Waals surface area contributed by atoms with E-state index in [1.807, 2.05) is 0 Å². The van der Waals surface area contributed by atoms with Gasteiger partial charge in [0, 0.05) is 19.0 Å². The van der Waals surface area contributed by atoms with Gasteiger partial charge >= 0.3 is 6.18 Å². The van der Waals surface area contributed by atoms with Crippen LogP contribution < -0.4 is 11.1 Å². The normalized spacial score (nSPS) is 17.4. The SMILES string of the molecule is CC1(c2ccc(F)cn2)C(=O)Nc2nc(-c3nc(CCCC(F)(F)F)n4cc(Cl)ccc34)nc(N)c21. The molecular formula is C23H18ClF4N7O. The Bertz CT molecular complexity index is 1500. The predicted octanol–water partition coefficient (Wildman–Crippen LogP) is 4.70. The minimum absolute atomic E-state index is 0.0179. The van der Waals surface area contributed by atoms with Crippen LogP contribution in [0.25, 0.3) is 17.0 Å². The summed E-state index contributed by atoms with van der Waals surface area (Å²) >= 11 is 6.11. The fourth-order valence-corrected chi connectivity index (χ4v) is 4.50. The van der Waals surface area contributed by atoms with Crippen LogP contribution in [-0.4, -0.2) is 36.4 Å². The highest BCUT2D eigenvalue weighted by Gasteiger charge is 2.48. The first kappa shape index (κ1) is 23.9. The lowest BCUT2D eigenvalue weighted by molar-refractivity contribution is -0.135. The Balaban J connectivity index is 1.59. The number of anilines is 2. The zero-order chi connectivity index (χ0) is 25.8. The zero-order valence-corrected chi connectivity index (χ0v) is 19.5. The number of alkyl halides is 3. The van der Waals surface area contributed by atoms with Gasteiger partial charge in [-0.15, -0.1) is 0 Å². The van der Waals surface area contributed by atoms with Crippen LogP contribution in [0.5, 0.6) is 0 Å². The molecule has 1 aliphatic rings. The summed E-state index contributed by atoms with van der Waals surface area (Å²) in [5, 5.41) is 3.05. The molecule has 3 N–H and O–H groups in total. The molecule has 0 fully saturated rings. The Morgan fingerprint density at radius 2 is 1.94 bits per heavy atom. The second-order valence-electron chi connectivity index (χ2n) is 8.54. The Kier molecular flexibility index (Phi) is 5.58. The number of nitrogens with zero attached hydrogens (tertiary/aromatic N) is 5. The fraction of sp³-hybridized carbons (Fsp3) is 0.261. The van der Waals surface area contributed by atoms with E-state index in [0.717, 1.165) is 6.20 Å². The van der Waals surface area contributed by atoms with Crippen LogP contribution in [0.15, 0.2) is 36.7 Å². The van der Waals surface area contributed by atoms with Gasteiger partial charge in [0.15, 0.2) is 5.82 Å². The molecule has 5 rings (SSSR count). The van der Waals surface area contributed by atoms with E-state index in [4.69, 9.17) is 17.3 Å². The lowest BCUT2D eigenvalue weighted by Gasteiger charge is -2.22. The Labute approximate surface area is 206 Å². The van der Waals surface area contributed by atoms with E-state index in [-0.39, 0.29) is 47.3 Å². The summed E-state index contributed by atoms with van der Waals surface area (Å²) in [5.74, 6) is -0.480. The number of fused-ring (bicyclic) bond motifs is 2. The van der Waals surface area contributed by atoms with Gasteiger partial charge in [0.2, 0.25) is 5.91 Å². The Morgan fingerprint density at radius 3 is 2.64 bits per heavy atom. The van der Waals surface area contributed by atoms with Gasteiger partial charge < -0.3 is 15.5 Å². The minimum atomic E-state index is -4.28. The van der Waals surface area contributed by atoms with Gasteiger partial charge in [0.1, 0.15) is 34.4 Å². The summed E-state index contributed by atoms with van der Waals surface area (Å²) in [5.41, 5.74) is 6.25. The summed E-state index contributed by atoms with van der Waals surface area (Å²) in [7, 11) is 0. The van der Waals surface area contributed by atoms with E-state index in [1.165, 1.54) is 12.1 Å². The van der Waals surface area contributed by atoms with Crippen LogP contribution in [-0.2, 0) is 16.6 Å². The van der Waals surface area contributed by atoms with Gasteiger partial charge in [0.25, 0.3) is 0 Å². The van der Waals surface area contributed by atoms with Gasteiger partial charge in [-0.2, -0.15) is 13.2 Å². The maximum absolute atomic E-state index is 13.4. The van der Waals surface area contributed by atoms with Crippen molar-refractivity contribution in [2.75, 3.05) is 11.1 Å². The van der Waals surface area contributed by atoms with Crippen molar-refractivity contribution >= 4 is 34.7 Å². The first-order valence-corrected chi connectivity index (χ1v) is 11.2. The molecular weight excluding hydrogens is 502 g/mol. The molecule has 0 aromatic carbocycles. The van der Waals surface area contributed by atoms with Crippen molar-refractivity contribution in [1.29, 1.82) is 0 Å². The number of nitrogen functional groups attached to an aromatic ring is 1. The van der Waals surface area contributed by atoms with E-state index in [9.17, 15) is 22.4 Å². The van der Waals surface area contributed by atoms with Crippen LogP contribution in [0, 0.1) is 5.82 Å². The molecule has 0 spiro atoms. The van der Waals surface area contributed by atoms with Crippen LogP contribution in [0.2, 0.25) is 5.02 Å². The smallest absolute Gasteiger partial charge is 0.383 e. The number of nitrogens with two attached hydrogens (primary N) is 1. The van der Waals surface area contributed by atoms with Crippen molar-refractivity contribution in [2.45, 2.75) is 37.8 Å². The number of hydrogen-bond acceptors (Lipinski definition) is 6. The molecule has 4 aromatic heterocycles. The highest BCUT2D eigenvalue weighted by atomic mass is 35.5. The maximum Gasteiger partial charge on any atom is 0.389 e. The van der Waals surface area contributed by atoms with Crippen LogP contribution in [0.4, 0.5) is 29.2 Å².